The molecule has 1 aliphatic rings. The van der Waals surface area contributed by atoms with Gasteiger partial charge in [-0.05, 0) is 144 Å². The Morgan fingerprint density at radius 1 is 0.427 bits per heavy atom. The predicted octanol–water partition coefficient (Wildman–Crippen LogP) is 15.7. The lowest BCUT2D eigenvalue weighted by Crippen LogP contribution is -2.41. The Morgan fingerprint density at radius 3 is 1.27 bits per heavy atom. The molecule has 0 N–H and O–H groups in total. The predicted molar refractivity (Wildman–Crippen MR) is 299 cm³/mol. The molecule has 3 heterocycles. The minimum absolute atomic E-state index is 0.381. The first-order chi connectivity index (χ1) is 36.0. The minimum Gasteiger partial charge on any atom is -0.399 e. The van der Waals surface area contributed by atoms with Crippen molar-refractivity contribution in [2.24, 2.45) is 0 Å². The maximum absolute atomic E-state index is 12.9. The summed E-state index contributed by atoms with van der Waals surface area (Å²) in [5.74, 6) is -0.417. The third kappa shape index (κ3) is 8.58. The van der Waals surface area contributed by atoms with Gasteiger partial charge in [0.15, 0.2) is 0 Å². The van der Waals surface area contributed by atoms with E-state index in [0.29, 0.717) is 5.52 Å². The zero-order valence-electron chi connectivity index (χ0n) is 41.3. The van der Waals surface area contributed by atoms with Gasteiger partial charge in [0.25, 0.3) is 0 Å². The molecule has 13 rings (SSSR count). The number of fused-ring (bicyclic) bond motifs is 8. The molecule has 1 aliphatic heterocycles. The average Bonchev–Trinajstić information content (AvgIpc) is 4.02. The second-order valence-electron chi connectivity index (χ2n) is 20.0. The number of rotatable bonds is 7. The fourth-order valence-electron chi connectivity index (χ4n) is 10.2. The SMILES string of the molecule is CC1(C)OB(c2ccc3c4ccc(-c5ccc6ccccc6c5)cc4n(-c4ccccc4)c3c2)OC1(C)C.O=S(=O)(Oc1ccc2c3ccc(-c4ccc5ccccc5c4)cc3n(-c3ccccc3)c2c1)C(F)(F)F. The molecule has 1 fully saturated rings. The lowest BCUT2D eigenvalue weighted by Gasteiger charge is -2.32. The summed E-state index contributed by atoms with van der Waals surface area (Å²) in [5.41, 5.74) is 4.73. The average molecular weight is 1010 g/mol. The first-order valence-corrected chi connectivity index (χ1v) is 26.0. The van der Waals surface area contributed by atoms with Crippen LogP contribution in [0.2, 0.25) is 0 Å². The van der Waals surface area contributed by atoms with Gasteiger partial charge >= 0.3 is 22.7 Å². The summed E-state index contributed by atoms with van der Waals surface area (Å²) in [7, 11) is -6.20. The van der Waals surface area contributed by atoms with Crippen LogP contribution in [0.5, 0.6) is 5.75 Å². The van der Waals surface area contributed by atoms with E-state index in [9.17, 15) is 21.6 Å². The van der Waals surface area contributed by atoms with Crippen LogP contribution < -0.4 is 9.65 Å². The number of benzene rings is 10. The highest BCUT2D eigenvalue weighted by molar-refractivity contribution is 7.88. The fraction of sp³-hybridized carbons (Fsp3) is 0.111. The van der Waals surface area contributed by atoms with Crippen molar-refractivity contribution in [3.63, 3.8) is 0 Å². The molecule has 12 aromatic rings. The summed E-state index contributed by atoms with van der Waals surface area (Å²) in [5, 5.41) is 8.81. The van der Waals surface area contributed by atoms with E-state index in [4.69, 9.17) is 9.31 Å². The fourth-order valence-corrected chi connectivity index (χ4v) is 10.6. The van der Waals surface area contributed by atoms with Crippen molar-refractivity contribution in [3.05, 3.63) is 218 Å². The van der Waals surface area contributed by atoms with Crippen LogP contribution in [-0.4, -0.2) is 41.4 Å². The number of hydrogen-bond acceptors (Lipinski definition) is 5. The molecular formula is C63H48BF3N2O5S. The Hall–Kier alpha value is -8.16. The molecule has 0 saturated carbocycles. The maximum atomic E-state index is 12.9. The molecule has 0 spiro atoms. The molecular weight excluding hydrogens is 965 g/mol. The number of aromatic nitrogens is 2. The molecule has 0 aliphatic carbocycles. The molecule has 1 saturated heterocycles. The molecule has 0 atom stereocenters. The maximum Gasteiger partial charge on any atom is 0.534 e. The van der Waals surface area contributed by atoms with E-state index in [1.165, 1.54) is 50.3 Å². The van der Waals surface area contributed by atoms with Crippen LogP contribution in [0.3, 0.4) is 0 Å². The lowest BCUT2D eigenvalue weighted by atomic mass is 9.79. The van der Waals surface area contributed by atoms with E-state index in [-0.39, 0.29) is 11.2 Å². The normalized spacial score (nSPS) is 14.5. The molecule has 0 unspecified atom stereocenters. The number of para-hydroxylation sites is 2. The third-order valence-corrected chi connectivity index (χ3v) is 15.7. The number of nitrogens with zero attached hydrogens (tertiary/aromatic N) is 2. The van der Waals surface area contributed by atoms with E-state index >= 15 is 0 Å². The van der Waals surface area contributed by atoms with Gasteiger partial charge in [-0.2, -0.15) is 21.6 Å². The Bertz CT molecular complexity index is 4290. The van der Waals surface area contributed by atoms with Crippen LogP contribution in [-0.2, 0) is 19.4 Å². The van der Waals surface area contributed by atoms with Gasteiger partial charge in [0.1, 0.15) is 5.75 Å². The van der Waals surface area contributed by atoms with Crippen LogP contribution in [0, 0.1) is 0 Å². The van der Waals surface area contributed by atoms with Gasteiger partial charge in [-0.15, -0.1) is 0 Å². The van der Waals surface area contributed by atoms with Crippen LogP contribution in [0.25, 0.3) is 98.8 Å². The van der Waals surface area contributed by atoms with Gasteiger partial charge in [0, 0.05) is 39.0 Å². The lowest BCUT2D eigenvalue weighted by molar-refractivity contribution is -0.0500. The molecule has 75 heavy (non-hydrogen) atoms. The smallest absolute Gasteiger partial charge is 0.399 e. The van der Waals surface area contributed by atoms with Gasteiger partial charge < -0.3 is 22.6 Å². The van der Waals surface area contributed by atoms with Gasteiger partial charge in [-0.3, -0.25) is 0 Å². The Balaban J connectivity index is 0.000000152. The van der Waals surface area contributed by atoms with Crippen molar-refractivity contribution in [2.45, 2.75) is 44.4 Å². The largest absolute Gasteiger partial charge is 0.534 e. The van der Waals surface area contributed by atoms with E-state index in [1.54, 1.807) is 6.07 Å². The van der Waals surface area contributed by atoms with Gasteiger partial charge in [-0.25, -0.2) is 0 Å². The third-order valence-electron chi connectivity index (χ3n) is 14.7. The van der Waals surface area contributed by atoms with Crippen molar-refractivity contribution in [3.8, 4) is 39.4 Å². The van der Waals surface area contributed by atoms with Gasteiger partial charge in [0.2, 0.25) is 0 Å². The van der Waals surface area contributed by atoms with Crippen molar-refractivity contribution in [2.75, 3.05) is 0 Å². The summed E-state index contributed by atoms with van der Waals surface area (Å²) >= 11 is 0. The molecule has 0 bridgehead atoms. The summed E-state index contributed by atoms with van der Waals surface area (Å²) < 4.78 is 83.5. The first-order valence-electron chi connectivity index (χ1n) is 24.6. The summed E-state index contributed by atoms with van der Waals surface area (Å²) in [4.78, 5) is 0. The Morgan fingerprint density at radius 2 is 0.800 bits per heavy atom. The second-order valence-corrected chi connectivity index (χ2v) is 21.5. The van der Waals surface area contributed by atoms with Crippen molar-refractivity contribution >= 4 is 87.9 Å². The molecule has 370 valence electrons. The highest BCUT2D eigenvalue weighted by Gasteiger charge is 2.52. The van der Waals surface area contributed by atoms with Crippen LogP contribution >= 0.6 is 0 Å². The topological polar surface area (TPSA) is 71.7 Å². The van der Waals surface area contributed by atoms with Crippen LogP contribution in [0.15, 0.2) is 218 Å². The standard InChI is InChI=1S/C34H30BNO2.C29H18F3NO3S/c1-33(2)34(3,4)38-35(37-33)27-17-19-30-29-18-16-26(25-15-14-23-10-8-9-11-24(23)20-25)21-31(29)36(32(30)22-27)28-12-6-5-7-13-28;30-29(31,32)37(34,35)36-24-13-15-26-25-14-12-22(21-11-10-19-6-4-5-7-20(19)16-21)17-27(25)33(28(26)18-24)23-8-2-1-3-9-23/h5-22H,1-4H3;1-18H. The molecule has 12 heteroatoms. The zero-order valence-corrected chi connectivity index (χ0v) is 42.2. The zero-order chi connectivity index (χ0) is 51.9. The van der Waals surface area contributed by atoms with E-state index in [1.807, 2.05) is 77.4 Å². The monoisotopic (exact) mass is 1010 g/mol. The Labute approximate surface area is 432 Å². The summed E-state index contributed by atoms with van der Waals surface area (Å²) in [6.07, 6.45) is 0. The molecule has 7 nitrogen and oxygen atoms in total. The summed E-state index contributed by atoms with van der Waals surface area (Å²) in [6.45, 7) is 8.39. The number of hydrogen-bond donors (Lipinski definition) is 0. The van der Waals surface area contributed by atoms with Crippen molar-refractivity contribution in [1.82, 2.24) is 9.13 Å². The quantitative estimate of drug-likeness (QED) is 0.0904. The first kappa shape index (κ1) is 47.8. The van der Waals surface area contributed by atoms with Gasteiger partial charge in [0.05, 0.1) is 33.3 Å². The van der Waals surface area contributed by atoms with Crippen LogP contribution in [0.1, 0.15) is 27.7 Å². The van der Waals surface area contributed by atoms with E-state index in [0.717, 1.165) is 60.5 Å². The molecule has 10 aromatic carbocycles. The van der Waals surface area contributed by atoms with Crippen LogP contribution in [0.4, 0.5) is 13.2 Å². The highest BCUT2D eigenvalue weighted by Crippen LogP contribution is 2.41. The second kappa shape index (κ2) is 18.1. The summed E-state index contributed by atoms with van der Waals surface area (Å²) in [6, 6.07) is 73.0. The van der Waals surface area contributed by atoms with Crippen molar-refractivity contribution in [1.29, 1.82) is 0 Å². The van der Waals surface area contributed by atoms with E-state index in [2.05, 4.69) is 164 Å². The highest BCUT2D eigenvalue weighted by atomic mass is 32.2. The molecule has 0 radical (unpaired) electrons. The molecule has 2 aromatic heterocycles. The number of alkyl halides is 3. The van der Waals surface area contributed by atoms with Gasteiger partial charge in [-0.1, -0.05) is 146 Å². The minimum atomic E-state index is -5.80. The number of halogens is 3. The molecule has 0 amide bonds. The van der Waals surface area contributed by atoms with Crippen molar-refractivity contribution < 1.29 is 35.1 Å². The Kier molecular flexibility index (Phi) is 11.5. The van der Waals surface area contributed by atoms with E-state index < -0.39 is 28.5 Å².